The van der Waals surface area contributed by atoms with Gasteiger partial charge in [0.2, 0.25) is 11.8 Å². The van der Waals surface area contributed by atoms with Gasteiger partial charge >= 0.3 is 0 Å². The molecule has 2 saturated heterocycles. The third-order valence-corrected chi connectivity index (χ3v) is 9.48. The Labute approximate surface area is 237 Å². The molecule has 3 aliphatic heterocycles. The summed E-state index contributed by atoms with van der Waals surface area (Å²) in [6, 6.07) is 22.1. The number of carbonyl (C=O) groups is 3. The smallest absolute Gasteiger partial charge is 0.255 e. The van der Waals surface area contributed by atoms with Crippen molar-refractivity contribution in [3.63, 3.8) is 0 Å². The number of hydrogen-bond acceptors (Lipinski definition) is 5. The van der Waals surface area contributed by atoms with Gasteiger partial charge in [-0.15, -0.1) is 11.8 Å². The number of thioether (sulfide) groups is 1. The maximum Gasteiger partial charge on any atom is 0.255 e. The number of nitrogens with zero attached hydrogens (tertiary/aromatic N) is 2. The third-order valence-electron chi connectivity index (χ3n) is 7.90. The molecule has 3 aliphatic rings. The number of halogens is 1. The first kappa shape index (κ1) is 26.1. The highest BCUT2D eigenvalue weighted by atomic mass is 35.5. The van der Waals surface area contributed by atoms with Gasteiger partial charge in [0.15, 0.2) is 0 Å². The van der Waals surface area contributed by atoms with E-state index in [2.05, 4.69) is 52.7 Å². The van der Waals surface area contributed by atoms with Gasteiger partial charge in [-0.1, -0.05) is 48.0 Å². The molecule has 0 saturated carbocycles. The predicted molar refractivity (Wildman–Crippen MR) is 154 cm³/mol. The van der Waals surface area contributed by atoms with Crippen molar-refractivity contribution in [2.24, 2.45) is 0 Å². The van der Waals surface area contributed by atoms with Crippen molar-refractivity contribution in [1.29, 1.82) is 0 Å². The number of hydrogen-bond donors (Lipinski definition) is 1. The first-order valence-electron chi connectivity index (χ1n) is 13.4. The van der Waals surface area contributed by atoms with Crippen molar-refractivity contribution in [2.75, 3.05) is 13.1 Å². The summed E-state index contributed by atoms with van der Waals surface area (Å²) in [5, 5.41) is 3.64. The number of amides is 3. The summed E-state index contributed by atoms with van der Waals surface area (Å²) in [6.45, 7) is 3.42. The monoisotopic (exact) mass is 559 g/mol. The third kappa shape index (κ3) is 5.62. The number of nitrogens with one attached hydrogen (secondary N) is 1. The summed E-state index contributed by atoms with van der Waals surface area (Å²) >= 11 is 7.98. The number of fused-ring (bicyclic) bond motifs is 1. The SMILES string of the molecule is O=C1CCC(N2Cc3cc(SC4CCN(Cc5ccccc5-c5ccc(Cl)cc5)CC4)ccc3C2=O)C(=O)N1. The van der Waals surface area contributed by atoms with E-state index in [1.54, 1.807) is 4.90 Å². The van der Waals surface area contributed by atoms with E-state index in [1.807, 2.05) is 36.0 Å². The van der Waals surface area contributed by atoms with Gasteiger partial charge in [-0.3, -0.25) is 24.6 Å². The fourth-order valence-electron chi connectivity index (χ4n) is 5.81. The molecule has 6 rings (SSSR count). The van der Waals surface area contributed by atoms with E-state index in [1.165, 1.54) is 21.6 Å². The fraction of sp³-hybridized carbons (Fsp3) is 0.323. The van der Waals surface area contributed by atoms with Crippen LogP contribution in [0.2, 0.25) is 5.02 Å². The average molecular weight is 560 g/mol. The van der Waals surface area contributed by atoms with E-state index in [0.29, 0.717) is 23.8 Å². The minimum Gasteiger partial charge on any atom is -0.322 e. The molecule has 0 spiro atoms. The molecule has 1 N–H and O–H groups in total. The summed E-state index contributed by atoms with van der Waals surface area (Å²) in [5.41, 5.74) is 5.40. The van der Waals surface area contributed by atoms with Crippen LogP contribution in [0.3, 0.4) is 0 Å². The summed E-state index contributed by atoms with van der Waals surface area (Å²) in [4.78, 5) is 42.1. The van der Waals surface area contributed by atoms with Crippen molar-refractivity contribution < 1.29 is 14.4 Å². The maximum absolute atomic E-state index is 13.0. The highest BCUT2D eigenvalue weighted by Crippen LogP contribution is 2.35. The quantitative estimate of drug-likeness (QED) is 0.402. The highest BCUT2D eigenvalue weighted by molar-refractivity contribution is 8.00. The maximum atomic E-state index is 13.0. The highest BCUT2D eigenvalue weighted by Gasteiger charge is 2.39. The number of benzene rings is 3. The molecule has 8 heteroatoms. The second kappa shape index (κ2) is 11.2. The molecule has 1 atom stereocenters. The van der Waals surface area contributed by atoms with Gasteiger partial charge in [0.25, 0.3) is 5.91 Å². The average Bonchev–Trinajstić information content (AvgIpc) is 3.26. The largest absolute Gasteiger partial charge is 0.322 e. The van der Waals surface area contributed by atoms with Crippen LogP contribution < -0.4 is 5.32 Å². The first-order valence-corrected chi connectivity index (χ1v) is 14.7. The first-order chi connectivity index (χ1) is 18.9. The van der Waals surface area contributed by atoms with E-state index >= 15 is 0 Å². The minimum atomic E-state index is -0.576. The molecule has 39 heavy (non-hydrogen) atoms. The van der Waals surface area contributed by atoms with Crippen molar-refractivity contribution in [2.45, 2.75) is 55.0 Å². The number of piperidine rings is 2. The van der Waals surface area contributed by atoms with Gasteiger partial charge in [-0.25, -0.2) is 0 Å². The van der Waals surface area contributed by atoms with E-state index in [-0.39, 0.29) is 24.1 Å². The van der Waals surface area contributed by atoms with Gasteiger partial charge in [-0.2, -0.15) is 0 Å². The Hall–Kier alpha value is -3.13. The predicted octanol–water partition coefficient (Wildman–Crippen LogP) is 5.52. The normalized spacial score (nSPS) is 20.3. The zero-order chi connectivity index (χ0) is 26.9. The molecule has 200 valence electrons. The van der Waals surface area contributed by atoms with Crippen LogP contribution in [0.15, 0.2) is 71.6 Å². The van der Waals surface area contributed by atoms with Gasteiger partial charge in [-0.05, 0) is 84.9 Å². The molecule has 0 bridgehead atoms. The Morgan fingerprint density at radius 3 is 2.44 bits per heavy atom. The van der Waals surface area contributed by atoms with Crippen molar-refractivity contribution in [3.05, 3.63) is 88.4 Å². The van der Waals surface area contributed by atoms with Crippen LogP contribution in [0.5, 0.6) is 0 Å². The Balaban J connectivity index is 1.06. The lowest BCUT2D eigenvalue weighted by molar-refractivity contribution is -0.136. The molecule has 1 unspecified atom stereocenters. The van der Waals surface area contributed by atoms with E-state index in [9.17, 15) is 14.4 Å². The van der Waals surface area contributed by atoms with Crippen LogP contribution in [0.4, 0.5) is 0 Å². The van der Waals surface area contributed by atoms with Crippen LogP contribution in [0.25, 0.3) is 11.1 Å². The van der Waals surface area contributed by atoms with E-state index in [0.717, 1.165) is 43.1 Å². The van der Waals surface area contributed by atoms with Crippen molar-refractivity contribution >= 4 is 41.1 Å². The molecule has 0 radical (unpaired) electrons. The number of carbonyl (C=O) groups excluding carboxylic acids is 3. The summed E-state index contributed by atoms with van der Waals surface area (Å²) < 4.78 is 0. The van der Waals surface area contributed by atoms with E-state index < -0.39 is 6.04 Å². The Morgan fingerprint density at radius 2 is 1.67 bits per heavy atom. The summed E-state index contributed by atoms with van der Waals surface area (Å²) in [5.74, 6) is -0.760. The minimum absolute atomic E-state index is 0.122. The fourth-order valence-corrected chi connectivity index (χ4v) is 7.13. The molecule has 6 nitrogen and oxygen atoms in total. The number of rotatable bonds is 6. The summed E-state index contributed by atoms with van der Waals surface area (Å²) in [6.07, 6.45) is 2.86. The van der Waals surface area contributed by atoms with Gasteiger partial charge in [0, 0.05) is 40.2 Å². The number of imide groups is 1. The zero-order valence-corrected chi connectivity index (χ0v) is 23.1. The molecular weight excluding hydrogens is 530 g/mol. The lowest BCUT2D eigenvalue weighted by Gasteiger charge is -2.32. The van der Waals surface area contributed by atoms with Gasteiger partial charge in [0.05, 0.1) is 0 Å². The van der Waals surface area contributed by atoms with Crippen molar-refractivity contribution in [1.82, 2.24) is 15.1 Å². The van der Waals surface area contributed by atoms with Crippen LogP contribution >= 0.6 is 23.4 Å². The molecule has 2 fully saturated rings. The number of likely N-dealkylation sites (tertiary alicyclic amines) is 1. The van der Waals surface area contributed by atoms with Gasteiger partial charge < -0.3 is 4.90 Å². The Morgan fingerprint density at radius 1 is 0.897 bits per heavy atom. The van der Waals surface area contributed by atoms with E-state index in [4.69, 9.17) is 11.6 Å². The van der Waals surface area contributed by atoms with Crippen LogP contribution in [-0.4, -0.2) is 51.9 Å². The zero-order valence-electron chi connectivity index (χ0n) is 21.6. The molecule has 0 aliphatic carbocycles. The molecular formula is C31H30ClN3O3S. The lowest BCUT2D eigenvalue weighted by atomic mass is 9.98. The van der Waals surface area contributed by atoms with Crippen LogP contribution in [0.1, 0.15) is 47.2 Å². The second-order valence-corrected chi connectivity index (χ2v) is 12.3. The van der Waals surface area contributed by atoms with Gasteiger partial charge in [0.1, 0.15) is 6.04 Å². The summed E-state index contributed by atoms with van der Waals surface area (Å²) in [7, 11) is 0. The Kier molecular flexibility index (Phi) is 7.47. The topological polar surface area (TPSA) is 69.7 Å². The van der Waals surface area contributed by atoms with Crippen molar-refractivity contribution in [3.8, 4) is 11.1 Å². The standard InChI is InChI=1S/C31H30ClN3O3S/c32-23-7-5-20(6-8-23)26-4-2-1-3-21(26)18-34-15-13-24(14-16-34)39-25-9-10-27-22(17-25)19-35(31(27)38)28-11-12-29(36)33-30(28)37/h1-10,17,24,28H,11-16,18-19H2,(H,33,36,37). The molecule has 3 aromatic carbocycles. The lowest BCUT2D eigenvalue weighted by Crippen LogP contribution is -2.52. The van der Waals surface area contributed by atoms with Crippen LogP contribution in [-0.2, 0) is 22.7 Å². The molecule has 3 aromatic rings. The van der Waals surface area contributed by atoms with Crippen LogP contribution in [0, 0.1) is 0 Å². The Bertz CT molecular complexity index is 1420. The molecule has 0 aromatic heterocycles. The molecule has 3 amide bonds. The molecule has 3 heterocycles. The second-order valence-electron chi connectivity index (χ2n) is 10.5.